The second kappa shape index (κ2) is 5.97. The Morgan fingerprint density at radius 1 is 1.42 bits per heavy atom. The van der Waals surface area contributed by atoms with Crippen LogP contribution in [0.1, 0.15) is 25.8 Å². The highest BCUT2D eigenvalue weighted by atomic mass is 16.7. The first-order valence-electron chi connectivity index (χ1n) is 6.55. The van der Waals surface area contributed by atoms with Gasteiger partial charge in [0.25, 0.3) is 0 Å². The number of hydrogen-bond donors (Lipinski definition) is 1. The summed E-state index contributed by atoms with van der Waals surface area (Å²) in [6, 6.07) is 3.96. The largest absolute Gasteiger partial charge is 0.489 e. The molecule has 0 amide bonds. The van der Waals surface area contributed by atoms with E-state index in [0.29, 0.717) is 6.61 Å². The zero-order valence-corrected chi connectivity index (χ0v) is 11.6. The van der Waals surface area contributed by atoms with Crippen LogP contribution < -0.4 is 19.9 Å². The Labute approximate surface area is 114 Å². The quantitative estimate of drug-likeness (QED) is 0.802. The molecule has 19 heavy (non-hydrogen) atoms. The Morgan fingerprint density at radius 2 is 2.11 bits per heavy atom. The molecule has 0 aromatic heterocycles. The van der Waals surface area contributed by atoms with E-state index in [-0.39, 0.29) is 12.8 Å². The van der Waals surface area contributed by atoms with Gasteiger partial charge >= 0.3 is 0 Å². The van der Waals surface area contributed by atoms with E-state index in [1.807, 2.05) is 19.1 Å². The first kappa shape index (κ1) is 13.7. The smallest absolute Gasteiger partial charge is 0.231 e. The van der Waals surface area contributed by atoms with Crippen molar-refractivity contribution in [2.24, 2.45) is 5.73 Å². The van der Waals surface area contributed by atoms with Crippen LogP contribution >= 0.6 is 0 Å². The summed E-state index contributed by atoms with van der Waals surface area (Å²) in [6.07, 6.45) is 1.69. The predicted octanol–water partition coefficient (Wildman–Crippen LogP) is 2.65. The normalized spacial score (nSPS) is 14.3. The Kier molecular flexibility index (Phi) is 4.32. The minimum atomic E-state index is 0.118. The summed E-state index contributed by atoms with van der Waals surface area (Å²) in [4.78, 5) is 0. The van der Waals surface area contributed by atoms with E-state index in [1.165, 1.54) is 0 Å². The Hall–Kier alpha value is -1.68. The lowest BCUT2D eigenvalue weighted by molar-refractivity contribution is 0.174. The number of fused-ring (bicyclic) bond motifs is 1. The number of nitrogens with two attached hydrogens (primary N) is 1. The Balaban J connectivity index is 2.24. The van der Waals surface area contributed by atoms with Crippen LogP contribution in [-0.2, 0) is 6.42 Å². The molecular formula is C15H21NO3. The summed E-state index contributed by atoms with van der Waals surface area (Å²) in [6.45, 7) is 8.61. The molecule has 1 aliphatic heterocycles. The molecule has 0 spiro atoms. The molecule has 0 saturated carbocycles. The van der Waals surface area contributed by atoms with Crippen molar-refractivity contribution in [1.82, 2.24) is 0 Å². The molecule has 2 N–H and O–H groups in total. The van der Waals surface area contributed by atoms with Crippen LogP contribution in [0.15, 0.2) is 24.3 Å². The number of hydrogen-bond acceptors (Lipinski definition) is 4. The van der Waals surface area contributed by atoms with Crippen LogP contribution in [0.25, 0.3) is 0 Å². The van der Waals surface area contributed by atoms with Crippen molar-refractivity contribution in [3.05, 3.63) is 29.8 Å². The Morgan fingerprint density at radius 3 is 2.74 bits per heavy atom. The maximum atomic E-state index is 6.03. The van der Waals surface area contributed by atoms with E-state index in [1.54, 1.807) is 0 Å². The van der Waals surface area contributed by atoms with Gasteiger partial charge < -0.3 is 19.9 Å². The van der Waals surface area contributed by atoms with Crippen molar-refractivity contribution in [3.63, 3.8) is 0 Å². The summed E-state index contributed by atoms with van der Waals surface area (Å²) < 4.78 is 16.6. The second-order valence-electron chi connectivity index (χ2n) is 4.93. The maximum Gasteiger partial charge on any atom is 0.231 e. The summed E-state index contributed by atoms with van der Waals surface area (Å²) in [5, 5.41) is 0. The van der Waals surface area contributed by atoms with Crippen LogP contribution in [0.3, 0.4) is 0 Å². The molecule has 0 bridgehead atoms. The van der Waals surface area contributed by atoms with Crippen LogP contribution in [0.2, 0.25) is 0 Å². The molecule has 4 heteroatoms. The molecule has 0 fully saturated rings. The van der Waals surface area contributed by atoms with Crippen LogP contribution in [-0.4, -0.2) is 19.4 Å². The highest BCUT2D eigenvalue weighted by Gasteiger charge is 2.19. The fourth-order valence-corrected chi connectivity index (χ4v) is 1.89. The van der Waals surface area contributed by atoms with Gasteiger partial charge in [-0.05, 0) is 37.0 Å². The van der Waals surface area contributed by atoms with Gasteiger partial charge in [0.15, 0.2) is 11.5 Å². The van der Waals surface area contributed by atoms with Crippen molar-refractivity contribution in [2.75, 3.05) is 13.4 Å². The van der Waals surface area contributed by atoms with E-state index < -0.39 is 0 Å². The lowest BCUT2D eigenvalue weighted by Crippen LogP contribution is -2.21. The topological polar surface area (TPSA) is 53.7 Å². The van der Waals surface area contributed by atoms with Gasteiger partial charge in [0.05, 0.1) is 0 Å². The van der Waals surface area contributed by atoms with Crippen LogP contribution in [0.5, 0.6) is 17.2 Å². The Bertz CT molecular complexity index is 471. The van der Waals surface area contributed by atoms with Gasteiger partial charge in [-0.15, -0.1) is 0 Å². The molecule has 0 radical (unpaired) electrons. The molecule has 4 nitrogen and oxygen atoms in total. The molecule has 1 aromatic carbocycles. The third-order valence-electron chi connectivity index (χ3n) is 3.04. The van der Waals surface area contributed by atoms with E-state index >= 15 is 0 Å². The number of rotatable bonds is 6. The van der Waals surface area contributed by atoms with Gasteiger partial charge in [0.1, 0.15) is 12.4 Å². The molecule has 1 heterocycles. The fourth-order valence-electron chi connectivity index (χ4n) is 1.89. The summed E-state index contributed by atoms with van der Waals surface area (Å²) in [5.41, 5.74) is 8.06. The van der Waals surface area contributed by atoms with Gasteiger partial charge in [0, 0.05) is 12.1 Å². The average Bonchev–Trinajstić information content (AvgIpc) is 2.82. The van der Waals surface area contributed by atoms with E-state index in [0.717, 1.165) is 41.2 Å². The molecule has 0 aliphatic carbocycles. The third-order valence-corrected chi connectivity index (χ3v) is 3.04. The van der Waals surface area contributed by atoms with Crippen molar-refractivity contribution in [1.29, 1.82) is 0 Å². The molecule has 0 saturated heterocycles. The lowest BCUT2D eigenvalue weighted by atomic mass is 10.0. The van der Waals surface area contributed by atoms with E-state index in [4.69, 9.17) is 19.9 Å². The third kappa shape index (κ3) is 3.41. The highest BCUT2D eigenvalue weighted by molar-refractivity contribution is 5.52. The predicted molar refractivity (Wildman–Crippen MR) is 74.8 cm³/mol. The zero-order chi connectivity index (χ0) is 13.8. The average molecular weight is 263 g/mol. The SMILES string of the molecule is C=C(C)COc1cc2c(cc1CC(N)CC)OCO2. The molecule has 1 aliphatic rings. The van der Waals surface area contributed by atoms with Gasteiger partial charge in [0.2, 0.25) is 6.79 Å². The minimum absolute atomic E-state index is 0.118. The second-order valence-corrected chi connectivity index (χ2v) is 4.93. The highest BCUT2D eigenvalue weighted by Crippen LogP contribution is 2.38. The molecular weight excluding hydrogens is 242 g/mol. The number of ether oxygens (including phenoxy) is 3. The lowest BCUT2D eigenvalue weighted by Gasteiger charge is -2.15. The molecule has 1 atom stereocenters. The van der Waals surface area contributed by atoms with Crippen LogP contribution in [0.4, 0.5) is 0 Å². The van der Waals surface area contributed by atoms with Crippen molar-refractivity contribution in [2.45, 2.75) is 32.7 Å². The minimum Gasteiger partial charge on any atom is -0.489 e. The van der Waals surface area contributed by atoms with Gasteiger partial charge in [-0.3, -0.25) is 0 Å². The van der Waals surface area contributed by atoms with Gasteiger partial charge in [-0.25, -0.2) is 0 Å². The van der Waals surface area contributed by atoms with Gasteiger partial charge in [-0.2, -0.15) is 0 Å². The zero-order valence-electron chi connectivity index (χ0n) is 11.6. The first-order chi connectivity index (χ1) is 9.10. The number of benzene rings is 1. The maximum absolute atomic E-state index is 6.03. The summed E-state index contributed by atoms with van der Waals surface area (Å²) in [5.74, 6) is 2.29. The standard InChI is InChI=1S/C15H21NO3/c1-4-12(16)5-11-6-14-15(19-9-18-14)7-13(11)17-8-10(2)3/h6-7,12H,2,4-5,8-9,16H2,1,3H3. The van der Waals surface area contributed by atoms with Crippen molar-refractivity contribution >= 4 is 0 Å². The summed E-state index contributed by atoms with van der Waals surface area (Å²) >= 11 is 0. The van der Waals surface area contributed by atoms with Crippen LogP contribution in [0, 0.1) is 0 Å². The first-order valence-corrected chi connectivity index (χ1v) is 6.55. The molecule has 2 rings (SSSR count). The van der Waals surface area contributed by atoms with Crippen molar-refractivity contribution < 1.29 is 14.2 Å². The molecule has 1 aromatic rings. The molecule has 104 valence electrons. The van der Waals surface area contributed by atoms with E-state index in [9.17, 15) is 0 Å². The fraction of sp³-hybridized carbons (Fsp3) is 0.467. The summed E-state index contributed by atoms with van der Waals surface area (Å²) in [7, 11) is 0. The van der Waals surface area contributed by atoms with Crippen molar-refractivity contribution in [3.8, 4) is 17.2 Å². The molecule has 1 unspecified atom stereocenters. The van der Waals surface area contributed by atoms with Gasteiger partial charge in [-0.1, -0.05) is 13.5 Å². The monoisotopic (exact) mass is 263 g/mol. The van der Waals surface area contributed by atoms with E-state index in [2.05, 4.69) is 13.5 Å².